The molecule has 2 N–H and O–H groups in total. The van der Waals surface area contributed by atoms with Gasteiger partial charge in [0.25, 0.3) is 0 Å². The molecule has 100 valence electrons. The van der Waals surface area contributed by atoms with E-state index < -0.39 is 5.82 Å². The minimum Gasteiger partial charge on any atom is -0.324 e. The molecule has 3 nitrogen and oxygen atoms in total. The molecule has 0 spiro atoms. The fraction of sp³-hybridized carbons (Fsp3) is 0.417. The molecule has 18 heavy (non-hydrogen) atoms. The van der Waals surface area contributed by atoms with Crippen LogP contribution in [0.3, 0.4) is 0 Å². The molecule has 1 aromatic carbocycles. The molecular weight excluding hydrogens is 322 g/mol. The Morgan fingerprint density at radius 1 is 1.56 bits per heavy atom. The topological polar surface area (TPSA) is 41.1 Å². The van der Waals surface area contributed by atoms with Gasteiger partial charge in [0.15, 0.2) is 0 Å². The fourth-order valence-electron chi connectivity index (χ4n) is 1.95. The average molecular weight is 338 g/mol. The van der Waals surface area contributed by atoms with Gasteiger partial charge in [0.1, 0.15) is 5.82 Å². The molecule has 0 aliphatic carbocycles. The SMILES string of the molecule is Cl.O=C(CC1CCCN1)Nc1cc(Br)ccc1F. The highest BCUT2D eigenvalue weighted by atomic mass is 79.9. The summed E-state index contributed by atoms with van der Waals surface area (Å²) < 4.78 is 14.1. The summed E-state index contributed by atoms with van der Waals surface area (Å²) >= 11 is 3.24. The lowest BCUT2D eigenvalue weighted by Gasteiger charge is -2.11. The molecule has 0 bridgehead atoms. The van der Waals surface area contributed by atoms with Gasteiger partial charge in [0, 0.05) is 16.9 Å². The van der Waals surface area contributed by atoms with Gasteiger partial charge in [-0.25, -0.2) is 4.39 Å². The second-order valence-electron chi connectivity index (χ2n) is 4.17. The van der Waals surface area contributed by atoms with Crippen LogP contribution in [-0.4, -0.2) is 18.5 Å². The molecule has 0 radical (unpaired) electrons. The predicted molar refractivity (Wildman–Crippen MR) is 75.6 cm³/mol. The van der Waals surface area contributed by atoms with Crippen LogP contribution in [0.15, 0.2) is 22.7 Å². The lowest BCUT2D eigenvalue weighted by molar-refractivity contribution is -0.116. The summed E-state index contributed by atoms with van der Waals surface area (Å²) in [6, 6.07) is 4.72. The third-order valence-corrected chi connectivity index (χ3v) is 3.29. The first-order chi connectivity index (χ1) is 8.15. The zero-order chi connectivity index (χ0) is 12.3. The Hall–Kier alpha value is -0.650. The number of benzene rings is 1. The maximum atomic E-state index is 13.4. The Morgan fingerprint density at radius 2 is 2.33 bits per heavy atom. The summed E-state index contributed by atoms with van der Waals surface area (Å²) in [6.45, 7) is 0.962. The summed E-state index contributed by atoms with van der Waals surface area (Å²) in [5, 5.41) is 5.83. The minimum absolute atomic E-state index is 0. The first-order valence-corrected chi connectivity index (χ1v) is 6.43. The van der Waals surface area contributed by atoms with Crippen LogP contribution in [-0.2, 0) is 4.79 Å². The van der Waals surface area contributed by atoms with Crippen LogP contribution in [0.1, 0.15) is 19.3 Å². The average Bonchev–Trinajstić information content (AvgIpc) is 2.76. The van der Waals surface area contributed by atoms with E-state index in [2.05, 4.69) is 26.6 Å². The summed E-state index contributed by atoms with van der Waals surface area (Å²) in [6.07, 6.45) is 2.50. The van der Waals surface area contributed by atoms with Crippen molar-refractivity contribution in [2.75, 3.05) is 11.9 Å². The molecule has 1 aliphatic rings. The van der Waals surface area contributed by atoms with Crippen LogP contribution in [0.4, 0.5) is 10.1 Å². The van der Waals surface area contributed by atoms with Gasteiger partial charge in [-0.15, -0.1) is 12.4 Å². The first-order valence-electron chi connectivity index (χ1n) is 5.63. The molecule has 1 unspecified atom stereocenters. The van der Waals surface area contributed by atoms with Crippen molar-refractivity contribution >= 4 is 39.9 Å². The maximum absolute atomic E-state index is 13.4. The minimum atomic E-state index is -0.416. The number of carbonyl (C=O) groups is 1. The van der Waals surface area contributed by atoms with E-state index in [0.29, 0.717) is 6.42 Å². The van der Waals surface area contributed by atoms with Crippen LogP contribution in [0.25, 0.3) is 0 Å². The number of amides is 1. The Balaban J connectivity index is 0.00000162. The Kier molecular flexibility index (Phi) is 6.05. The highest BCUT2D eigenvalue weighted by Crippen LogP contribution is 2.20. The quantitative estimate of drug-likeness (QED) is 0.890. The zero-order valence-electron chi connectivity index (χ0n) is 9.71. The Labute approximate surface area is 120 Å². The van der Waals surface area contributed by atoms with Crippen molar-refractivity contribution in [3.63, 3.8) is 0 Å². The third kappa shape index (κ3) is 4.23. The summed E-state index contributed by atoms with van der Waals surface area (Å²) in [4.78, 5) is 11.7. The van der Waals surface area contributed by atoms with Crippen LogP contribution >= 0.6 is 28.3 Å². The lowest BCUT2D eigenvalue weighted by atomic mass is 10.1. The molecule has 1 heterocycles. The van der Waals surface area contributed by atoms with Gasteiger partial charge in [-0.3, -0.25) is 4.79 Å². The maximum Gasteiger partial charge on any atom is 0.226 e. The van der Waals surface area contributed by atoms with E-state index in [4.69, 9.17) is 0 Å². The van der Waals surface area contributed by atoms with E-state index in [0.717, 1.165) is 23.9 Å². The lowest BCUT2D eigenvalue weighted by Crippen LogP contribution is -2.27. The van der Waals surface area contributed by atoms with Crippen molar-refractivity contribution in [3.8, 4) is 0 Å². The van der Waals surface area contributed by atoms with E-state index in [9.17, 15) is 9.18 Å². The number of nitrogens with one attached hydrogen (secondary N) is 2. The van der Waals surface area contributed by atoms with Crippen molar-refractivity contribution in [2.45, 2.75) is 25.3 Å². The predicted octanol–water partition coefficient (Wildman–Crippen LogP) is 3.09. The Morgan fingerprint density at radius 3 is 3.00 bits per heavy atom. The summed E-state index contributed by atoms with van der Waals surface area (Å²) in [5.74, 6) is -0.567. The van der Waals surface area contributed by atoms with Gasteiger partial charge >= 0.3 is 0 Å². The highest BCUT2D eigenvalue weighted by molar-refractivity contribution is 9.10. The normalized spacial score (nSPS) is 18.2. The van der Waals surface area contributed by atoms with E-state index >= 15 is 0 Å². The van der Waals surface area contributed by atoms with Gasteiger partial charge in [0.05, 0.1) is 5.69 Å². The first kappa shape index (κ1) is 15.4. The van der Waals surface area contributed by atoms with Crippen molar-refractivity contribution in [1.82, 2.24) is 5.32 Å². The highest BCUT2D eigenvalue weighted by Gasteiger charge is 2.18. The zero-order valence-corrected chi connectivity index (χ0v) is 12.1. The molecule has 1 atom stereocenters. The molecule has 1 fully saturated rings. The number of anilines is 1. The number of hydrogen-bond donors (Lipinski definition) is 2. The van der Waals surface area contributed by atoms with E-state index in [1.807, 2.05) is 0 Å². The van der Waals surface area contributed by atoms with E-state index in [-0.39, 0.29) is 30.0 Å². The van der Waals surface area contributed by atoms with Crippen LogP contribution in [0, 0.1) is 5.82 Å². The van der Waals surface area contributed by atoms with Gasteiger partial charge < -0.3 is 10.6 Å². The second kappa shape index (κ2) is 7.07. The standard InChI is InChI=1S/C12H14BrFN2O.ClH/c13-8-3-4-10(14)11(6-8)16-12(17)7-9-2-1-5-15-9;/h3-4,6,9,15H,1-2,5,7H2,(H,16,17);1H. The van der Waals surface area contributed by atoms with Crippen LogP contribution in [0.5, 0.6) is 0 Å². The number of rotatable bonds is 3. The molecule has 1 saturated heterocycles. The van der Waals surface area contributed by atoms with Gasteiger partial charge in [0.2, 0.25) is 5.91 Å². The van der Waals surface area contributed by atoms with Crippen LogP contribution < -0.4 is 10.6 Å². The molecule has 1 aliphatic heterocycles. The summed E-state index contributed by atoms with van der Waals surface area (Å²) in [7, 11) is 0. The second-order valence-corrected chi connectivity index (χ2v) is 5.09. The van der Waals surface area contributed by atoms with Crippen molar-refractivity contribution in [3.05, 3.63) is 28.5 Å². The van der Waals surface area contributed by atoms with Crippen LogP contribution in [0.2, 0.25) is 0 Å². The third-order valence-electron chi connectivity index (χ3n) is 2.80. The Bertz CT molecular complexity index is 425. The van der Waals surface area contributed by atoms with Crippen molar-refractivity contribution in [1.29, 1.82) is 0 Å². The fourth-order valence-corrected chi connectivity index (χ4v) is 2.31. The van der Waals surface area contributed by atoms with Gasteiger partial charge in [-0.05, 0) is 37.6 Å². The molecule has 1 amide bonds. The van der Waals surface area contributed by atoms with Gasteiger partial charge in [-0.1, -0.05) is 15.9 Å². The number of carbonyl (C=O) groups excluding carboxylic acids is 1. The summed E-state index contributed by atoms with van der Waals surface area (Å²) in [5.41, 5.74) is 0.224. The van der Waals surface area contributed by atoms with E-state index in [1.165, 1.54) is 6.07 Å². The molecule has 0 aromatic heterocycles. The number of hydrogen-bond acceptors (Lipinski definition) is 2. The molecule has 1 aromatic rings. The molecule has 6 heteroatoms. The number of halogens is 3. The van der Waals surface area contributed by atoms with Gasteiger partial charge in [-0.2, -0.15) is 0 Å². The molecular formula is C12H15BrClFN2O. The molecule has 0 saturated carbocycles. The van der Waals surface area contributed by atoms with E-state index in [1.54, 1.807) is 12.1 Å². The largest absolute Gasteiger partial charge is 0.324 e. The van der Waals surface area contributed by atoms with Crippen molar-refractivity contribution < 1.29 is 9.18 Å². The monoisotopic (exact) mass is 336 g/mol. The smallest absolute Gasteiger partial charge is 0.226 e. The molecule has 2 rings (SSSR count). The van der Waals surface area contributed by atoms with Crippen molar-refractivity contribution in [2.24, 2.45) is 0 Å².